The van der Waals surface area contributed by atoms with Crippen LogP contribution >= 0.6 is 0 Å². The molecule has 7 N–H and O–H groups in total. The lowest BCUT2D eigenvalue weighted by Gasteiger charge is -2.41. The predicted molar refractivity (Wildman–Crippen MR) is 134 cm³/mol. The van der Waals surface area contributed by atoms with Gasteiger partial charge in [0.05, 0.1) is 26.7 Å². The normalized spacial score (nSPS) is 35.3. The number of aliphatic hydroxyl groups excluding tert-OH is 6. The standard InChI is InChI=1S/C27H32O14/c1-36-12-4-2-11(3-5-12)17-8-15(29)20-14(28)6-13(7-18(20)40-17)39-27-25(35)23(33)22(32)19(41-27)10-38-26-24(34)21(31)16(30)9-37-26/h2-7,16-17,19,21-28,30-35H,8-10H2,1H3/t16-,17?,19-,21-,22-,23+,24+,25-,26+,27-/m1/s1. The van der Waals surface area contributed by atoms with Crippen molar-refractivity contribution in [1.29, 1.82) is 0 Å². The Bertz CT molecular complexity index is 1220. The van der Waals surface area contributed by atoms with Crippen molar-refractivity contribution in [2.75, 3.05) is 20.3 Å². The minimum Gasteiger partial charge on any atom is -0.507 e. The molecule has 224 valence electrons. The van der Waals surface area contributed by atoms with E-state index >= 15 is 0 Å². The van der Waals surface area contributed by atoms with Crippen molar-refractivity contribution in [3.05, 3.63) is 47.5 Å². The summed E-state index contributed by atoms with van der Waals surface area (Å²) in [5.74, 6) is -0.186. The molecular weight excluding hydrogens is 548 g/mol. The zero-order valence-corrected chi connectivity index (χ0v) is 21.8. The van der Waals surface area contributed by atoms with Crippen LogP contribution in [0.5, 0.6) is 23.0 Å². The molecule has 3 aliphatic heterocycles. The van der Waals surface area contributed by atoms with Gasteiger partial charge in [-0.2, -0.15) is 0 Å². The number of Topliss-reactive ketones (excluding diaryl/α,β-unsaturated/α-hetero) is 1. The maximum absolute atomic E-state index is 12.8. The Labute approximate surface area is 233 Å². The summed E-state index contributed by atoms with van der Waals surface area (Å²) in [7, 11) is 1.53. The molecule has 0 aromatic heterocycles. The summed E-state index contributed by atoms with van der Waals surface area (Å²) in [5.41, 5.74) is 0.669. The second-order valence-corrected chi connectivity index (χ2v) is 10.0. The van der Waals surface area contributed by atoms with E-state index in [4.69, 9.17) is 28.4 Å². The monoisotopic (exact) mass is 580 g/mol. The fourth-order valence-corrected chi connectivity index (χ4v) is 4.89. The van der Waals surface area contributed by atoms with Crippen LogP contribution < -0.4 is 14.2 Å². The molecule has 1 unspecified atom stereocenters. The van der Waals surface area contributed by atoms with Crippen LogP contribution in [-0.4, -0.2) is 117 Å². The topological polar surface area (TPSA) is 214 Å². The van der Waals surface area contributed by atoms with E-state index in [0.717, 1.165) is 6.07 Å². The van der Waals surface area contributed by atoms with Crippen LogP contribution in [0.15, 0.2) is 36.4 Å². The summed E-state index contributed by atoms with van der Waals surface area (Å²) in [6.45, 7) is -0.776. The summed E-state index contributed by atoms with van der Waals surface area (Å²) >= 11 is 0. The molecule has 0 amide bonds. The number of phenols is 1. The van der Waals surface area contributed by atoms with Gasteiger partial charge in [-0.1, -0.05) is 12.1 Å². The summed E-state index contributed by atoms with van der Waals surface area (Å²) in [6.07, 6.45) is -14.4. The molecule has 14 nitrogen and oxygen atoms in total. The van der Waals surface area contributed by atoms with Gasteiger partial charge in [0.15, 0.2) is 12.1 Å². The van der Waals surface area contributed by atoms with Gasteiger partial charge in [-0.25, -0.2) is 0 Å². The quantitative estimate of drug-likeness (QED) is 0.204. The SMILES string of the molecule is COc1ccc(C2CC(=O)c3c(O)cc(O[C@@H]4O[C@H](CO[C@@H]5OC[C@@H](O)[C@@H](O)[C@@H]5O)[C@@H](O)[C@H](O)[C@H]4O)cc3O2)cc1. The number of hydrogen-bond acceptors (Lipinski definition) is 14. The highest BCUT2D eigenvalue weighted by molar-refractivity contribution is 6.02. The van der Waals surface area contributed by atoms with Gasteiger partial charge in [0.25, 0.3) is 0 Å². The maximum Gasteiger partial charge on any atom is 0.229 e. The zero-order valence-electron chi connectivity index (χ0n) is 21.8. The molecule has 2 aromatic rings. The predicted octanol–water partition coefficient (Wildman–Crippen LogP) is -1.25. The highest BCUT2D eigenvalue weighted by Crippen LogP contribution is 2.42. The number of benzene rings is 2. The molecule has 3 aliphatic rings. The van der Waals surface area contributed by atoms with Crippen molar-refractivity contribution >= 4 is 5.78 Å². The lowest BCUT2D eigenvalue weighted by molar-refractivity contribution is -0.307. The largest absolute Gasteiger partial charge is 0.507 e. The van der Waals surface area contributed by atoms with Crippen LogP contribution in [0.25, 0.3) is 0 Å². The average molecular weight is 581 g/mol. The van der Waals surface area contributed by atoms with Gasteiger partial charge < -0.3 is 64.2 Å². The Balaban J connectivity index is 1.29. The number of hydrogen-bond donors (Lipinski definition) is 7. The van der Waals surface area contributed by atoms with Crippen molar-refractivity contribution in [3.8, 4) is 23.0 Å². The van der Waals surface area contributed by atoms with E-state index in [2.05, 4.69) is 0 Å². The Morgan fingerprint density at radius 1 is 0.878 bits per heavy atom. The molecule has 41 heavy (non-hydrogen) atoms. The lowest BCUT2D eigenvalue weighted by Crippen LogP contribution is -2.61. The molecule has 0 saturated carbocycles. The van der Waals surface area contributed by atoms with E-state index in [0.29, 0.717) is 11.3 Å². The van der Waals surface area contributed by atoms with Crippen molar-refractivity contribution < 1.29 is 69.0 Å². The molecule has 3 heterocycles. The first-order valence-corrected chi connectivity index (χ1v) is 12.9. The first-order valence-electron chi connectivity index (χ1n) is 12.9. The molecular formula is C27H32O14. The van der Waals surface area contributed by atoms with E-state index in [1.54, 1.807) is 24.3 Å². The van der Waals surface area contributed by atoms with Crippen molar-refractivity contribution in [2.45, 2.75) is 67.8 Å². The van der Waals surface area contributed by atoms with Gasteiger partial charge in [-0.05, 0) is 17.7 Å². The highest BCUT2D eigenvalue weighted by atomic mass is 16.7. The highest BCUT2D eigenvalue weighted by Gasteiger charge is 2.46. The molecule has 0 bridgehead atoms. The number of aliphatic hydroxyl groups is 6. The number of carbonyl (C=O) groups excluding carboxylic acids is 1. The number of phenolic OH excluding ortho intramolecular Hbond substituents is 1. The van der Waals surface area contributed by atoms with Crippen LogP contribution in [0.2, 0.25) is 0 Å². The van der Waals surface area contributed by atoms with E-state index in [1.807, 2.05) is 0 Å². The van der Waals surface area contributed by atoms with Crippen LogP contribution in [0.3, 0.4) is 0 Å². The van der Waals surface area contributed by atoms with Crippen molar-refractivity contribution in [3.63, 3.8) is 0 Å². The van der Waals surface area contributed by atoms with E-state index in [1.165, 1.54) is 13.2 Å². The summed E-state index contributed by atoms with van der Waals surface area (Å²) in [6, 6.07) is 9.42. The number of fused-ring (bicyclic) bond motifs is 1. The second kappa shape index (κ2) is 12.1. The number of ketones is 1. The number of carbonyl (C=O) groups is 1. The number of ether oxygens (including phenoxy) is 6. The Kier molecular flexibility index (Phi) is 8.65. The summed E-state index contributed by atoms with van der Waals surface area (Å²) < 4.78 is 33.0. The third-order valence-corrected chi connectivity index (χ3v) is 7.26. The van der Waals surface area contributed by atoms with Gasteiger partial charge >= 0.3 is 0 Å². The van der Waals surface area contributed by atoms with Gasteiger partial charge in [0, 0.05) is 12.1 Å². The first kappa shape index (κ1) is 29.4. The van der Waals surface area contributed by atoms with Gasteiger partial charge in [0.2, 0.25) is 6.29 Å². The number of rotatable bonds is 7. The Hall–Kier alpha value is -3.05. The molecule has 0 aliphatic carbocycles. The first-order chi connectivity index (χ1) is 19.6. The van der Waals surface area contributed by atoms with Gasteiger partial charge in [-0.15, -0.1) is 0 Å². The number of aromatic hydroxyl groups is 1. The molecule has 2 fully saturated rings. The minimum absolute atomic E-state index is 0.0152. The molecule has 2 saturated heterocycles. The van der Waals surface area contributed by atoms with E-state index in [9.17, 15) is 40.5 Å². The summed E-state index contributed by atoms with van der Waals surface area (Å²) in [4.78, 5) is 12.8. The van der Waals surface area contributed by atoms with E-state index < -0.39 is 73.8 Å². The van der Waals surface area contributed by atoms with Crippen LogP contribution in [0.4, 0.5) is 0 Å². The van der Waals surface area contributed by atoms with E-state index in [-0.39, 0.29) is 35.9 Å². The molecule has 0 radical (unpaired) electrons. The molecule has 5 rings (SSSR count). The zero-order chi connectivity index (χ0) is 29.4. The maximum atomic E-state index is 12.8. The lowest BCUT2D eigenvalue weighted by atomic mass is 9.95. The number of methoxy groups -OCH3 is 1. The fourth-order valence-electron chi connectivity index (χ4n) is 4.89. The van der Waals surface area contributed by atoms with Crippen LogP contribution in [0.1, 0.15) is 28.4 Å². The molecule has 10 atom stereocenters. The van der Waals surface area contributed by atoms with Gasteiger partial charge in [0.1, 0.15) is 77.4 Å². The van der Waals surface area contributed by atoms with Crippen LogP contribution in [-0.2, 0) is 14.2 Å². The van der Waals surface area contributed by atoms with Crippen molar-refractivity contribution in [1.82, 2.24) is 0 Å². The van der Waals surface area contributed by atoms with Gasteiger partial charge in [-0.3, -0.25) is 4.79 Å². The fraction of sp³-hybridized carbons (Fsp3) is 0.519. The second-order valence-electron chi connectivity index (χ2n) is 10.0. The average Bonchev–Trinajstić information content (AvgIpc) is 2.96. The van der Waals surface area contributed by atoms with Crippen LogP contribution in [0, 0.1) is 0 Å². The Morgan fingerprint density at radius 2 is 1.59 bits per heavy atom. The van der Waals surface area contributed by atoms with Crippen molar-refractivity contribution in [2.24, 2.45) is 0 Å². The summed E-state index contributed by atoms with van der Waals surface area (Å²) in [5, 5.41) is 71.4. The molecule has 2 aromatic carbocycles. The Morgan fingerprint density at radius 3 is 2.29 bits per heavy atom. The minimum atomic E-state index is -1.74. The molecule has 14 heteroatoms. The smallest absolute Gasteiger partial charge is 0.229 e. The third-order valence-electron chi connectivity index (χ3n) is 7.26. The molecule has 0 spiro atoms. The third kappa shape index (κ3) is 5.97.